The number of hydrogen-bond donors (Lipinski definition) is 3. The summed E-state index contributed by atoms with van der Waals surface area (Å²) in [4.78, 5) is 21.7. The molecular weight excluding hydrogens is 396 g/mol. The number of hydrogen-bond acceptors (Lipinski definition) is 5. The number of aromatic amines is 1. The number of fused-ring (bicyclic) bond motifs is 1. The number of carbonyl (C=O) groups is 1. The Morgan fingerprint density at radius 1 is 1.18 bits per heavy atom. The maximum atomic E-state index is 12.3. The number of hydrazine groups is 1. The van der Waals surface area contributed by atoms with E-state index >= 15 is 0 Å². The highest BCUT2D eigenvalue weighted by Crippen LogP contribution is 2.21. The third-order valence-electron chi connectivity index (χ3n) is 4.40. The van der Waals surface area contributed by atoms with Gasteiger partial charge in [0.15, 0.2) is 5.16 Å². The molecule has 7 nitrogen and oxygen atoms in total. The van der Waals surface area contributed by atoms with Gasteiger partial charge >= 0.3 is 0 Å². The molecule has 0 saturated carbocycles. The van der Waals surface area contributed by atoms with Gasteiger partial charge in [0, 0.05) is 0 Å². The second kappa shape index (κ2) is 8.76. The molecule has 0 aliphatic heterocycles. The number of nitrogens with one attached hydrogen (secondary N) is 3. The van der Waals surface area contributed by atoms with Crippen molar-refractivity contribution in [3.8, 4) is 0 Å². The van der Waals surface area contributed by atoms with Crippen molar-refractivity contribution >= 4 is 38.7 Å². The number of benzene rings is 2. The number of para-hydroxylation sites is 2. The molecule has 0 saturated heterocycles. The van der Waals surface area contributed by atoms with Gasteiger partial charge in [-0.25, -0.2) is 13.4 Å². The van der Waals surface area contributed by atoms with E-state index in [-0.39, 0.29) is 10.6 Å². The number of nitrogens with zero attached hydrogens (tertiary/aromatic N) is 1. The Balaban J connectivity index is 1.54. The van der Waals surface area contributed by atoms with Crippen molar-refractivity contribution in [1.82, 2.24) is 20.2 Å². The molecule has 9 heteroatoms. The summed E-state index contributed by atoms with van der Waals surface area (Å²) < 4.78 is 24.7. The number of thioether (sulfide) groups is 1. The lowest BCUT2D eigenvalue weighted by Gasteiger charge is -2.11. The number of rotatable bonds is 8. The third kappa shape index (κ3) is 4.92. The number of amides is 1. The van der Waals surface area contributed by atoms with E-state index in [1.807, 2.05) is 24.3 Å². The summed E-state index contributed by atoms with van der Waals surface area (Å²) >= 11 is 1.19. The molecule has 1 aromatic heterocycles. The second-order valence-electron chi connectivity index (χ2n) is 6.38. The van der Waals surface area contributed by atoms with Gasteiger partial charge in [-0.2, -0.15) is 0 Å². The van der Waals surface area contributed by atoms with E-state index in [1.54, 1.807) is 24.3 Å². The molecule has 0 radical (unpaired) electrons. The summed E-state index contributed by atoms with van der Waals surface area (Å²) in [5.41, 5.74) is 5.00. The van der Waals surface area contributed by atoms with Crippen molar-refractivity contribution < 1.29 is 13.2 Å². The lowest BCUT2D eigenvalue weighted by atomic mass is 9.99. The first-order valence-corrected chi connectivity index (χ1v) is 11.3. The van der Waals surface area contributed by atoms with Gasteiger partial charge in [-0.15, -0.1) is 4.83 Å². The van der Waals surface area contributed by atoms with Gasteiger partial charge in [-0.3, -0.25) is 10.2 Å². The van der Waals surface area contributed by atoms with Gasteiger partial charge in [-0.05, 0) is 42.2 Å². The Hall–Kier alpha value is -2.36. The quantitative estimate of drug-likeness (QED) is 0.385. The van der Waals surface area contributed by atoms with Crippen LogP contribution in [0, 0.1) is 0 Å². The second-order valence-corrected chi connectivity index (χ2v) is 9.03. The molecule has 0 bridgehead atoms. The molecule has 148 valence electrons. The van der Waals surface area contributed by atoms with Gasteiger partial charge in [0.05, 0.1) is 21.7 Å². The number of sulfonamides is 1. The van der Waals surface area contributed by atoms with Crippen LogP contribution in [0.1, 0.15) is 31.7 Å². The van der Waals surface area contributed by atoms with Gasteiger partial charge in [0.25, 0.3) is 10.0 Å². The molecule has 0 unspecified atom stereocenters. The minimum atomic E-state index is -3.82. The van der Waals surface area contributed by atoms with Crippen LogP contribution in [0.4, 0.5) is 0 Å². The zero-order chi connectivity index (χ0) is 20.1. The smallest absolute Gasteiger partial charge is 0.257 e. The van der Waals surface area contributed by atoms with Crippen LogP contribution < -0.4 is 10.3 Å². The van der Waals surface area contributed by atoms with Crippen molar-refractivity contribution in [1.29, 1.82) is 0 Å². The fourth-order valence-electron chi connectivity index (χ4n) is 2.56. The van der Waals surface area contributed by atoms with E-state index in [0.29, 0.717) is 11.1 Å². The van der Waals surface area contributed by atoms with Crippen LogP contribution in [0.3, 0.4) is 0 Å². The van der Waals surface area contributed by atoms with E-state index in [0.717, 1.165) is 23.0 Å². The SMILES string of the molecule is CC[C@H](C)c1ccc(S(=O)(=O)NNC(=O)CSc2nc3ccccc3[nH]2)cc1. The maximum Gasteiger partial charge on any atom is 0.257 e. The molecule has 3 rings (SSSR count). The largest absolute Gasteiger partial charge is 0.333 e. The molecule has 0 aliphatic carbocycles. The molecule has 0 spiro atoms. The number of H-pyrrole nitrogens is 1. The minimum absolute atomic E-state index is 0.0231. The summed E-state index contributed by atoms with van der Waals surface area (Å²) in [7, 11) is -3.82. The summed E-state index contributed by atoms with van der Waals surface area (Å²) in [6, 6.07) is 14.2. The lowest BCUT2D eigenvalue weighted by Crippen LogP contribution is -2.42. The summed E-state index contributed by atoms with van der Waals surface area (Å²) in [5, 5.41) is 0.597. The molecule has 1 heterocycles. The monoisotopic (exact) mass is 418 g/mol. The first-order chi connectivity index (χ1) is 13.4. The van der Waals surface area contributed by atoms with Crippen molar-refractivity contribution in [2.75, 3.05) is 5.75 Å². The Labute approximate surface area is 168 Å². The first-order valence-electron chi connectivity index (χ1n) is 8.87. The average molecular weight is 419 g/mol. The maximum absolute atomic E-state index is 12.3. The predicted octanol–water partition coefficient (Wildman–Crippen LogP) is 3.18. The molecule has 3 aromatic rings. The minimum Gasteiger partial charge on any atom is -0.333 e. The van der Waals surface area contributed by atoms with Crippen LogP contribution in [-0.2, 0) is 14.8 Å². The Bertz CT molecular complexity index is 1030. The van der Waals surface area contributed by atoms with Crippen LogP contribution in [0.2, 0.25) is 0 Å². The Morgan fingerprint density at radius 3 is 2.57 bits per heavy atom. The predicted molar refractivity (Wildman–Crippen MR) is 110 cm³/mol. The molecule has 1 amide bonds. The number of carbonyl (C=O) groups excluding carboxylic acids is 1. The Morgan fingerprint density at radius 2 is 1.89 bits per heavy atom. The highest BCUT2D eigenvalue weighted by Gasteiger charge is 2.16. The van der Waals surface area contributed by atoms with Crippen molar-refractivity contribution in [3.63, 3.8) is 0 Å². The van der Waals surface area contributed by atoms with Crippen LogP contribution >= 0.6 is 11.8 Å². The normalized spacial score (nSPS) is 12.8. The van der Waals surface area contributed by atoms with Gasteiger partial charge in [0.1, 0.15) is 0 Å². The van der Waals surface area contributed by atoms with Gasteiger partial charge < -0.3 is 4.98 Å². The molecule has 2 aromatic carbocycles. The fraction of sp³-hybridized carbons (Fsp3) is 0.263. The summed E-state index contributed by atoms with van der Waals surface area (Å²) in [6.45, 7) is 4.16. The van der Waals surface area contributed by atoms with Gasteiger partial charge in [0.2, 0.25) is 5.91 Å². The molecule has 3 N–H and O–H groups in total. The topological polar surface area (TPSA) is 104 Å². The van der Waals surface area contributed by atoms with Crippen molar-refractivity contribution in [3.05, 3.63) is 54.1 Å². The highest BCUT2D eigenvalue weighted by atomic mass is 32.2. The zero-order valence-electron chi connectivity index (χ0n) is 15.6. The van der Waals surface area contributed by atoms with Crippen LogP contribution in [0.25, 0.3) is 11.0 Å². The first kappa shape index (κ1) is 20.4. The Kier molecular flexibility index (Phi) is 6.38. The summed E-state index contributed by atoms with van der Waals surface area (Å²) in [5.74, 6) is -0.0834. The molecular formula is C19H22N4O3S2. The number of aromatic nitrogens is 2. The third-order valence-corrected chi connectivity index (χ3v) is 6.54. The van der Waals surface area contributed by atoms with E-state index in [4.69, 9.17) is 0 Å². The highest BCUT2D eigenvalue weighted by molar-refractivity contribution is 7.99. The molecule has 0 aliphatic rings. The standard InChI is InChI=1S/C19H22N4O3S2/c1-3-13(2)14-8-10-15(11-9-14)28(25,26)23-22-18(24)12-27-19-20-16-6-4-5-7-17(16)21-19/h4-11,13,23H,3,12H2,1-2H3,(H,20,21)(H,22,24)/t13-/m0/s1. The van der Waals surface area contributed by atoms with Crippen molar-refractivity contribution in [2.45, 2.75) is 36.2 Å². The van der Waals surface area contributed by atoms with Crippen LogP contribution in [0.15, 0.2) is 58.6 Å². The van der Waals surface area contributed by atoms with E-state index in [9.17, 15) is 13.2 Å². The van der Waals surface area contributed by atoms with Crippen molar-refractivity contribution in [2.24, 2.45) is 0 Å². The van der Waals surface area contributed by atoms with Crippen LogP contribution in [0.5, 0.6) is 0 Å². The van der Waals surface area contributed by atoms with E-state index in [2.05, 4.69) is 34.1 Å². The fourth-order valence-corrected chi connectivity index (χ4v) is 4.11. The zero-order valence-corrected chi connectivity index (χ0v) is 17.2. The average Bonchev–Trinajstić information content (AvgIpc) is 3.13. The van der Waals surface area contributed by atoms with E-state index < -0.39 is 15.9 Å². The lowest BCUT2D eigenvalue weighted by molar-refractivity contribution is -0.119. The number of imidazole rings is 1. The molecule has 0 fully saturated rings. The molecule has 28 heavy (non-hydrogen) atoms. The van der Waals surface area contributed by atoms with E-state index in [1.165, 1.54) is 11.8 Å². The molecule has 1 atom stereocenters. The van der Waals surface area contributed by atoms with Gasteiger partial charge in [-0.1, -0.05) is 49.9 Å². The summed E-state index contributed by atoms with van der Waals surface area (Å²) in [6.07, 6.45) is 0.975. The van der Waals surface area contributed by atoms with Crippen LogP contribution in [-0.4, -0.2) is 30.0 Å².